The molecule has 0 saturated carbocycles. The first-order valence-corrected chi connectivity index (χ1v) is 11.2. The summed E-state index contributed by atoms with van der Waals surface area (Å²) in [5.74, 6) is -0.296. The highest BCUT2D eigenvalue weighted by Gasteiger charge is 2.28. The summed E-state index contributed by atoms with van der Waals surface area (Å²) >= 11 is 0. The van der Waals surface area contributed by atoms with Gasteiger partial charge in [-0.1, -0.05) is 36.4 Å². The average molecular weight is 436 g/mol. The van der Waals surface area contributed by atoms with E-state index in [1.807, 2.05) is 30.3 Å². The van der Waals surface area contributed by atoms with Gasteiger partial charge in [0.05, 0.1) is 0 Å². The molecule has 0 bridgehead atoms. The fourth-order valence-electron chi connectivity index (χ4n) is 4.19. The molecule has 0 aromatic heterocycles. The van der Waals surface area contributed by atoms with Gasteiger partial charge in [0.1, 0.15) is 6.10 Å². The lowest BCUT2D eigenvalue weighted by Gasteiger charge is -2.31. The summed E-state index contributed by atoms with van der Waals surface area (Å²) in [6, 6.07) is 16.8. The molecule has 2 aliphatic rings. The summed E-state index contributed by atoms with van der Waals surface area (Å²) < 4.78 is 5.41. The Hall–Kier alpha value is -3.19. The average Bonchev–Trinajstić information content (AvgIpc) is 3.38. The van der Waals surface area contributed by atoms with Crippen molar-refractivity contribution in [1.29, 1.82) is 0 Å². The van der Waals surface area contributed by atoms with Crippen LogP contribution < -0.4 is 10.6 Å². The monoisotopic (exact) mass is 435 g/mol. The summed E-state index contributed by atoms with van der Waals surface area (Å²) in [5, 5.41) is 5.84. The Labute approximate surface area is 188 Å². The number of hydrogen-bond acceptors (Lipinski definition) is 4. The number of hydrogen-bond donors (Lipinski definition) is 2. The molecule has 7 nitrogen and oxygen atoms in total. The van der Waals surface area contributed by atoms with E-state index in [0.29, 0.717) is 50.3 Å². The molecule has 2 fully saturated rings. The second-order valence-electron chi connectivity index (χ2n) is 8.34. The van der Waals surface area contributed by atoms with Crippen molar-refractivity contribution in [3.63, 3.8) is 0 Å². The molecule has 1 atom stereocenters. The third-order valence-corrected chi connectivity index (χ3v) is 6.06. The normalized spacial score (nSPS) is 18.9. The van der Waals surface area contributed by atoms with Crippen molar-refractivity contribution in [2.75, 3.05) is 25.0 Å². The maximum absolute atomic E-state index is 13.0. The topological polar surface area (TPSA) is 87.7 Å². The zero-order valence-corrected chi connectivity index (χ0v) is 18.1. The Balaban J connectivity index is 1.27. The predicted octanol–water partition coefficient (Wildman–Crippen LogP) is 2.97. The number of ether oxygens (including phenoxy) is 1. The van der Waals surface area contributed by atoms with E-state index in [1.54, 1.807) is 29.2 Å². The number of carbonyl (C=O) groups excluding carboxylic acids is 3. The largest absolute Gasteiger partial charge is 0.368 e. The van der Waals surface area contributed by atoms with Gasteiger partial charge in [-0.15, -0.1) is 0 Å². The number of carbonyl (C=O) groups is 3. The van der Waals surface area contributed by atoms with Gasteiger partial charge in [0, 0.05) is 43.4 Å². The molecule has 32 heavy (non-hydrogen) atoms. The summed E-state index contributed by atoms with van der Waals surface area (Å²) in [5.41, 5.74) is 2.19. The molecule has 2 N–H and O–H groups in total. The van der Waals surface area contributed by atoms with Crippen LogP contribution in [0.4, 0.5) is 5.69 Å². The molecule has 0 spiro atoms. The van der Waals surface area contributed by atoms with Crippen molar-refractivity contribution in [1.82, 2.24) is 10.2 Å². The first kappa shape index (κ1) is 22.0. The van der Waals surface area contributed by atoms with E-state index in [4.69, 9.17) is 4.74 Å². The van der Waals surface area contributed by atoms with Crippen LogP contribution in [0.3, 0.4) is 0 Å². The highest BCUT2D eigenvalue weighted by molar-refractivity contribution is 5.98. The minimum Gasteiger partial charge on any atom is -0.368 e. The van der Waals surface area contributed by atoms with E-state index in [-0.39, 0.29) is 23.6 Å². The van der Waals surface area contributed by atoms with Crippen molar-refractivity contribution in [3.05, 3.63) is 65.7 Å². The standard InChI is InChI=1S/C25H29N3O4/c29-23(26-17-18-6-2-1-3-7-18)19-11-13-28(14-12-19)25(31)20-8-4-9-21(16-20)27-24(30)22-10-5-15-32-22/h1-4,6-9,16,19,22H,5,10-15,17H2,(H,26,29)(H,27,30)/t22-/m0/s1. The summed E-state index contributed by atoms with van der Waals surface area (Å²) in [6.45, 7) is 2.20. The molecular formula is C25H29N3O4. The van der Waals surface area contributed by atoms with Gasteiger partial charge in [0.15, 0.2) is 0 Å². The Morgan fingerprint density at radius 1 is 0.938 bits per heavy atom. The smallest absolute Gasteiger partial charge is 0.253 e. The van der Waals surface area contributed by atoms with Crippen LogP contribution in [-0.4, -0.2) is 48.4 Å². The van der Waals surface area contributed by atoms with Crippen LogP contribution >= 0.6 is 0 Å². The van der Waals surface area contributed by atoms with Gasteiger partial charge in [0.25, 0.3) is 11.8 Å². The van der Waals surface area contributed by atoms with Crippen molar-refractivity contribution >= 4 is 23.4 Å². The van der Waals surface area contributed by atoms with Crippen molar-refractivity contribution in [3.8, 4) is 0 Å². The number of benzene rings is 2. The number of nitrogens with one attached hydrogen (secondary N) is 2. The van der Waals surface area contributed by atoms with Crippen molar-refractivity contribution in [2.24, 2.45) is 5.92 Å². The van der Waals surface area contributed by atoms with Gasteiger partial charge in [-0.2, -0.15) is 0 Å². The molecule has 0 unspecified atom stereocenters. The zero-order chi connectivity index (χ0) is 22.3. The first-order chi connectivity index (χ1) is 15.6. The van der Waals surface area contributed by atoms with E-state index in [1.165, 1.54) is 0 Å². The number of amides is 3. The van der Waals surface area contributed by atoms with E-state index in [0.717, 1.165) is 18.4 Å². The third-order valence-electron chi connectivity index (χ3n) is 6.06. The highest BCUT2D eigenvalue weighted by Crippen LogP contribution is 2.21. The molecule has 2 aromatic rings. The summed E-state index contributed by atoms with van der Waals surface area (Å²) in [6.07, 6.45) is 2.47. The van der Waals surface area contributed by atoms with Gasteiger partial charge < -0.3 is 20.3 Å². The van der Waals surface area contributed by atoms with E-state index >= 15 is 0 Å². The number of rotatable bonds is 6. The van der Waals surface area contributed by atoms with Crippen LogP contribution in [0.2, 0.25) is 0 Å². The van der Waals surface area contributed by atoms with Crippen LogP contribution in [0.15, 0.2) is 54.6 Å². The number of anilines is 1. The molecule has 0 aliphatic carbocycles. The number of piperidine rings is 1. The van der Waals surface area contributed by atoms with Crippen LogP contribution in [0.5, 0.6) is 0 Å². The van der Waals surface area contributed by atoms with Crippen LogP contribution in [0, 0.1) is 5.92 Å². The molecule has 3 amide bonds. The lowest BCUT2D eigenvalue weighted by Crippen LogP contribution is -2.43. The lowest BCUT2D eigenvalue weighted by atomic mass is 9.95. The molecule has 0 radical (unpaired) electrons. The van der Waals surface area contributed by atoms with Gasteiger partial charge >= 0.3 is 0 Å². The van der Waals surface area contributed by atoms with E-state index in [2.05, 4.69) is 10.6 Å². The first-order valence-electron chi connectivity index (χ1n) is 11.2. The Morgan fingerprint density at radius 3 is 2.44 bits per heavy atom. The Bertz CT molecular complexity index is 949. The minimum absolute atomic E-state index is 0.0415. The molecule has 2 heterocycles. The lowest BCUT2D eigenvalue weighted by molar-refractivity contribution is -0.126. The zero-order valence-electron chi connectivity index (χ0n) is 18.1. The molecule has 4 rings (SSSR count). The quantitative estimate of drug-likeness (QED) is 0.730. The highest BCUT2D eigenvalue weighted by atomic mass is 16.5. The third kappa shape index (κ3) is 5.53. The summed E-state index contributed by atoms with van der Waals surface area (Å²) in [7, 11) is 0. The van der Waals surface area contributed by atoms with Gasteiger partial charge in [-0.3, -0.25) is 14.4 Å². The fourth-order valence-corrected chi connectivity index (χ4v) is 4.19. The maximum Gasteiger partial charge on any atom is 0.253 e. The second kappa shape index (κ2) is 10.4. The molecule has 2 aromatic carbocycles. The second-order valence-corrected chi connectivity index (χ2v) is 8.34. The number of nitrogens with zero attached hydrogens (tertiary/aromatic N) is 1. The summed E-state index contributed by atoms with van der Waals surface area (Å²) in [4.78, 5) is 39.5. The van der Waals surface area contributed by atoms with Crippen LogP contribution in [0.25, 0.3) is 0 Å². The number of likely N-dealkylation sites (tertiary alicyclic amines) is 1. The van der Waals surface area contributed by atoms with Gasteiger partial charge in [-0.25, -0.2) is 0 Å². The van der Waals surface area contributed by atoms with Gasteiger partial charge in [-0.05, 0) is 49.4 Å². The van der Waals surface area contributed by atoms with E-state index < -0.39 is 6.10 Å². The predicted molar refractivity (Wildman–Crippen MR) is 121 cm³/mol. The molecule has 168 valence electrons. The maximum atomic E-state index is 13.0. The molecular weight excluding hydrogens is 406 g/mol. The SMILES string of the molecule is O=C(NCc1ccccc1)C1CCN(C(=O)c2cccc(NC(=O)[C@@H]3CCCO3)c2)CC1. The van der Waals surface area contributed by atoms with E-state index in [9.17, 15) is 14.4 Å². The van der Waals surface area contributed by atoms with Crippen molar-refractivity contribution in [2.45, 2.75) is 38.3 Å². The molecule has 2 aliphatic heterocycles. The van der Waals surface area contributed by atoms with Gasteiger partial charge in [0.2, 0.25) is 5.91 Å². The Morgan fingerprint density at radius 2 is 1.72 bits per heavy atom. The van der Waals surface area contributed by atoms with Crippen LogP contribution in [-0.2, 0) is 20.9 Å². The minimum atomic E-state index is -0.415. The van der Waals surface area contributed by atoms with Crippen LogP contribution in [0.1, 0.15) is 41.6 Å². The molecule has 7 heteroatoms. The molecule has 2 saturated heterocycles. The Kier molecular flexibility index (Phi) is 7.17. The fraction of sp³-hybridized carbons (Fsp3) is 0.400. The van der Waals surface area contributed by atoms with Crippen molar-refractivity contribution < 1.29 is 19.1 Å².